The molecule has 246 valence electrons. The summed E-state index contributed by atoms with van der Waals surface area (Å²) in [5.41, 5.74) is 5.25. The van der Waals surface area contributed by atoms with Crippen molar-refractivity contribution in [2.24, 2.45) is 0 Å². The van der Waals surface area contributed by atoms with Gasteiger partial charge in [-0.25, -0.2) is 0 Å². The number of aromatic hydroxyl groups is 2. The normalized spacial score (nSPS) is 10.7. The van der Waals surface area contributed by atoms with E-state index in [9.17, 15) is 10.2 Å². The number of hydrogen-bond acceptors (Lipinski definition) is 10. The van der Waals surface area contributed by atoms with Gasteiger partial charge in [-0.2, -0.15) is 0 Å². The van der Waals surface area contributed by atoms with Crippen molar-refractivity contribution in [3.8, 4) is 68.6 Å². The van der Waals surface area contributed by atoms with E-state index in [1.165, 1.54) is 14.2 Å². The van der Waals surface area contributed by atoms with Crippen LogP contribution in [0.5, 0.6) is 57.5 Å². The molecule has 0 spiro atoms. The first kappa shape index (κ1) is 33.8. The lowest BCUT2D eigenvalue weighted by atomic mass is 9.89. The van der Waals surface area contributed by atoms with E-state index in [4.69, 9.17) is 37.9 Å². The molecule has 0 aromatic heterocycles. The smallest absolute Gasteiger partial charge is 0.203 e. The van der Waals surface area contributed by atoms with Gasteiger partial charge in [-0.3, -0.25) is 0 Å². The Bertz CT molecular complexity index is 1490. The van der Waals surface area contributed by atoms with Crippen LogP contribution in [0.1, 0.15) is 22.3 Å². The molecular weight excluding hydrogens is 592 g/mol. The minimum absolute atomic E-state index is 0.0140. The number of rotatable bonds is 15. The van der Waals surface area contributed by atoms with Gasteiger partial charge in [0, 0.05) is 0 Å². The predicted molar refractivity (Wildman–Crippen MR) is 175 cm³/mol. The van der Waals surface area contributed by atoms with Crippen LogP contribution in [-0.2, 0) is 25.7 Å². The van der Waals surface area contributed by atoms with Crippen molar-refractivity contribution in [3.63, 3.8) is 0 Å². The van der Waals surface area contributed by atoms with Crippen LogP contribution in [0.4, 0.5) is 0 Å². The number of aryl methyl sites for hydroxylation is 4. The zero-order valence-electron chi connectivity index (χ0n) is 27.6. The van der Waals surface area contributed by atoms with Gasteiger partial charge in [0.15, 0.2) is 46.0 Å². The fourth-order valence-electron chi connectivity index (χ4n) is 5.58. The van der Waals surface area contributed by atoms with Gasteiger partial charge in [0.05, 0.1) is 56.9 Å². The highest BCUT2D eigenvalue weighted by atomic mass is 16.5. The highest BCUT2D eigenvalue weighted by molar-refractivity contribution is 5.76. The van der Waals surface area contributed by atoms with Gasteiger partial charge in [0.2, 0.25) is 11.5 Å². The number of ether oxygens (including phenoxy) is 8. The lowest BCUT2D eigenvalue weighted by Crippen LogP contribution is -2.02. The van der Waals surface area contributed by atoms with Gasteiger partial charge in [-0.1, -0.05) is 0 Å². The molecule has 0 bridgehead atoms. The lowest BCUT2D eigenvalue weighted by Gasteiger charge is -2.19. The van der Waals surface area contributed by atoms with Crippen LogP contribution in [0.15, 0.2) is 48.5 Å². The summed E-state index contributed by atoms with van der Waals surface area (Å²) >= 11 is 0. The van der Waals surface area contributed by atoms with E-state index in [0.717, 1.165) is 33.4 Å². The van der Waals surface area contributed by atoms with Gasteiger partial charge in [-0.15, -0.1) is 0 Å². The number of phenols is 2. The maximum Gasteiger partial charge on any atom is 0.203 e. The minimum Gasteiger partial charge on any atom is -0.504 e. The zero-order chi connectivity index (χ0) is 33.4. The molecule has 0 fully saturated rings. The predicted octanol–water partition coefficient (Wildman–Crippen LogP) is 6.40. The van der Waals surface area contributed by atoms with Crippen molar-refractivity contribution in [1.82, 2.24) is 0 Å². The largest absolute Gasteiger partial charge is 0.504 e. The van der Waals surface area contributed by atoms with Crippen LogP contribution in [0.3, 0.4) is 0 Å². The fourth-order valence-corrected chi connectivity index (χ4v) is 5.58. The molecule has 10 heteroatoms. The van der Waals surface area contributed by atoms with Crippen molar-refractivity contribution >= 4 is 0 Å². The van der Waals surface area contributed by atoms with Gasteiger partial charge in [0.1, 0.15) is 0 Å². The van der Waals surface area contributed by atoms with Gasteiger partial charge < -0.3 is 48.1 Å². The summed E-state index contributed by atoms with van der Waals surface area (Å²) < 4.78 is 44.1. The number of benzene rings is 4. The van der Waals surface area contributed by atoms with Gasteiger partial charge in [-0.05, 0) is 108 Å². The fraction of sp³-hybridized carbons (Fsp3) is 0.333. The van der Waals surface area contributed by atoms with E-state index in [-0.39, 0.29) is 11.5 Å². The minimum atomic E-state index is -0.0140. The van der Waals surface area contributed by atoms with Crippen molar-refractivity contribution < 1.29 is 48.1 Å². The molecule has 4 aromatic rings. The van der Waals surface area contributed by atoms with E-state index in [0.29, 0.717) is 71.7 Å². The molecule has 10 nitrogen and oxygen atoms in total. The van der Waals surface area contributed by atoms with Gasteiger partial charge >= 0.3 is 0 Å². The highest BCUT2D eigenvalue weighted by Crippen LogP contribution is 2.43. The van der Waals surface area contributed by atoms with E-state index in [2.05, 4.69) is 0 Å². The quantitative estimate of drug-likeness (QED) is 0.152. The van der Waals surface area contributed by atoms with Crippen molar-refractivity contribution in [2.45, 2.75) is 25.7 Å². The molecule has 0 amide bonds. The number of hydrogen-bond donors (Lipinski definition) is 2. The summed E-state index contributed by atoms with van der Waals surface area (Å²) in [4.78, 5) is 0. The second-order valence-corrected chi connectivity index (χ2v) is 10.4. The summed E-state index contributed by atoms with van der Waals surface area (Å²) in [7, 11) is 12.5. The first-order chi connectivity index (χ1) is 22.2. The second kappa shape index (κ2) is 15.2. The van der Waals surface area contributed by atoms with Crippen LogP contribution in [0.25, 0.3) is 11.1 Å². The molecule has 4 aromatic carbocycles. The Hall–Kier alpha value is -5.12. The summed E-state index contributed by atoms with van der Waals surface area (Å²) in [6.45, 7) is 0. The molecule has 0 saturated heterocycles. The first-order valence-corrected chi connectivity index (χ1v) is 14.6. The first-order valence-electron chi connectivity index (χ1n) is 14.6. The SMILES string of the molecule is COc1cc(CCc2cc(OC)c(OC)c(OC)c2)c(-c2cc(O)c(OC)cc2CCc2cc(OC)c(OC)c(OC)c2)cc1O. The zero-order valence-corrected chi connectivity index (χ0v) is 27.6. The van der Waals surface area contributed by atoms with Gasteiger partial charge in [0.25, 0.3) is 0 Å². The van der Waals surface area contributed by atoms with Crippen LogP contribution in [-0.4, -0.2) is 67.1 Å². The molecule has 0 atom stereocenters. The Morgan fingerprint density at radius 1 is 0.370 bits per heavy atom. The lowest BCUT2D eigenvalue weighted by molar-refractivity contribution is 0.323. The standard InChI is InChI=1S/C36H42O10/c1-39-29-17-23(11-9-21-13-31(41-3)35(45-7)32(14-21)42-4)25(19-27(29)37)26-20-28(38)30(40-2)18-24(26)12-10-22-15-33(43-5)36(46-8)34(16-22)44-6/h13-20,37-38H,9-12H2,1-8H3. The molecule has 0 aliphatic carbocycles. The summed E-state index contributed by atoms with van der Waals surface area (Å²) in [6.07, 6.45) is 2.37. The summed E-state index contributed by atoms with van der Waals surface area (Å²) in [5.74, 6) is 3.96. The molecule has 0 saturated carbocycles. The topological polar surface area (TPSA) is 114 Å². The van der Waals surface area contributed by atoms with Crippen molar-refractivity contribution in [2.75, 3.05) is 56.9 Å². The Kier molecular flexibility index (Phi) is 11.2. The molecule has 2 N–H and O–H groups in total. The molecule has 0 heterocycles. The molecule has 46 heavy (non-hydrogen) atoms. The highest BCUT2D eigenvalue weighted by Gasteiger charge is 2.20. The monoisotopic (exact) mass is 634 g/mol. The second-order valence-electron chi connectivity index (χ2n) is 10.4. The van der Waals surface area contributed by atoms with Crippen LogP contribution in [0.2, 0.25) is 0 Å². The number of phenolic OH excluding ortho intramolecular Hbond substituents is 2. The average Bonchev–Trinajstić information content (AvgIpc) is 3.08. The molecule has 0 unspecified atom stereocenters. The van der Waals surface area contributed by atoms with Crippen molar-refractivity contribution in [3.05, 3.63) is 70.8 Å². The summed E-state index contributed by atoms with van der Waals surface area (Å²) in [5, 5.41) is 21.8. The molecule has 4 rings (SSSR count). The van der Waals surface area contributed by atoms with E-state index in [1.807, 2.05) is 36.4 Å². The van der Waals surface area contributed by atoms with E-state index in [1.54, 1.807) is 54.8 Å². The van der Waals surface area contributed by atoms with E-state index >= 15 is 0 Å². The molecular formula is C36H42O10. The Balaban J connectivity index is 1.77. The third-order valence-electron chi connectivity index (χ3n) is 7.91. The molecule has 0 aliphatic rings. The Labute approximate surface area is 269 Å². The summed E-state index contributed by atoms with van der Waals surface area (Å²) in [6, 6.07) is 14.7. The van der Waals surface area contributed by atoms with Crippen LogP contribution < -0.4 is 37.9 Å². The average molecular weight is 635 g/mol. The third-order valence-corrected chi connectivity index (χ3v) is 7.91. The van der Waals surface area contributed by atoms with E-state index < -0.39 is 0 Å². The van der Waals surface area contributed by atoms with Crippen LogP contribution in [0, 0.1) is 0 Å². The number of methoxy groups -OCH3 is 8. The molecule has 0 radical (unpaired) electrons. The Morgan fingerprint density at radius 2 is 0.674 bits per heavy atom. The Morgan fingerprint density at radius 3 is 0.935 bits per heavy atom. The van der Waals surface area contributed by atoms with Crippen molar-refractivity contribution in [1.29, 1.82) is 0 Å². The van der Waals surface area contributed by atoms with Crippen LogP contribution >= 0.6 is 0 Å². The third kappa shape index (κ3) is 7.06. The molecule has 0 aliphatic heterocycles. The maximum absolute atomic E-state index is 10.9. The maximum atomic E-state index is 10.9.